The molecular formula is C18H23N3O5S. The molecule has 2 heterocycles. The maximum absolute atomic E-state index is 12.5. The molecule has 146 valence electrons. The minimum atomic E-state index is -3.21. The van der Waals surface area contributed by atoms with Crippen LogP contribution in [0.4, 0.5) is 0 Å². The smallest absolute Gasteiger partial charge is 0.261 e. The molecule has 9 heteroatoms. The number of rotatable bonds is 5. The Hall–Kier alpha value is -2.26. The Morgan fingerprint density at radius 3 is 2.41 bits per heavy atom. The molecule has 1 N–H and O–H groups in total. The quantitative estimate of drug-likeness (QED) is 0.747. The Bertz CT molecular complexity index is 888. The molecule has 8 nitrogen and oxygen atoms in total. The fraction of sp³-hybridized carbons (Fsp3) is 0.500. The number of hydrogen-bond acceptors (Lipinski definition) is 5. The van der Waals surface area contributed by atoms with Crippen molar-refractivity contribution in [3.8, 4) is 0 Å². The first-order valence-electron chi connectivity index (χ1n) is 8.99. The number of imide groups is 1. The summed E-state index contributed by atoms with van der Waals surface area (Å²) in [5, 5.41) is 2.90. The van der Waals surface area contributed by atoms with E-state index in [2.05, 4.69) is 5.32 Å². The van der Waals surface area contributed by atoms with Crippen molar-refractivity contribution in [3.05, 3.63) is 34.9 Å². The normalized spacial score (nSPS) is 18.7. The lowest BCUT2D eigenvalue weighted by Gasteiger charge is -2.31. The monoisotopic (exact) mass is 393 g/mol. The van der Waals surface area contributed by atoms with E-state index in [-0.39, 0.29) is 29.2 Å². The van der Waals surface area contributed by atoms with Crippen molar-refractivity contribution in [2.45, 2.75) is 32.2 Å². The third-order valence-electron chi connectivity index (χ3n) is 5.00. The van der Waals surface area contributed by atoms with Gasteiger partial charge in [0.15, 0.2) is 0 Å². The van der Waals surface area contributed by atoms with Crippen molar-refractivity contribution >= 4 is 27.7 Å². The number of piperidine rings is 1. The van der Waals surface area contributed by atoms with Crippen molar-refractivity contribution in [2.24, 2.45) is 0 Å². The Kier molecular flexibility index (Phi) is 5.34. The number of nitrogens with one attached hydrogen (secondary N) is 1. The van der Waals surface area contributed by atoms with Crippen molar-refractivity contribution in [2.75, 3.05) is 25.9 Å². The largest absolute Gasteiger partial charge is 0.349 e. The maximum Gasteiger partial charge on any atom is 0.261 e. The molecule has 0 bridgehead atoms. The number of fused-ring (bicyclic) bond motifs is 1. The van der Waals surface area contributed by atoms with E-state index in [0.29, 0.717) is 43.5 Å². The van der Waals surface area contributed by atoms with Gasteiger partial charge in [-0.15, -0.1) is 0 Å². The van der Waals surface area contributed by atoms with Gasteiger partial charge < -0.3 is 5.32 Å². The van der Waals surface area contributed by atoms with Gasteiger partial charge in [0, 0.05) is 31.7 Å². The third-order valence-corrected chi connectivity index (χ3v) is 7.07. The Labute approximate surface area is 158 Å². The van der Waals surface area contributed by atoms with Gasteiger partial charge in [-0.3, -0.25) is 19.3 Å². The van der Waals surface area contributed by atoms with Gasteiger partial charge in [0.1, 0.15) is 0 Å². The molecule has 1 fully saturated rings. The molecular weight excluding hydrogens is 370 g/mol. The molecule has 2 aliphatic rings. The highest BCUT2D eigenvalue weighted by Gasteiger charge is 2.33. The summed E-state index contributed by atoms with van der Waals surface area (Å²) in [7, 11) is -1.81. The lowest BCUT2D eigenvalue weighted by atomic mass is 10.0. The van der Waals surface area contributed by atoms with E-state index in [1.54, 1.807) is 0 Å². The van der Waals surface area contributed by atoms with Crippen LogP contribution in [0.5, 0.6) is 0 Å². The molecule has 0 unspecified atom stereocenters. The molecule has 27 heavy (non-hydrogen) atoms. The first kappa shape index (κ1) is 19.5. The van der Waals surface area contributed by atoms with E-state index < -0.39 is 15.9 Å². The molecule has 2 aliphatic heterocycles. The zero-order chi connectivity index (χ0) is 19.8. The summed E-state index contributed by atoms with van der Waals surface area (Å²) in [5.41, 5.74) is 0.843. The highest BCUT2D eigenvalue weighted by atomic mass is 32.2. The van der Waals surface area contributed by atoms with Gasteiger partial charge in [-0.1, -0.05) is 6.92 Å². The van der Waals surface area contributed by atoms with Crippen LogP contribution in [0.25, 0.3) is 0 Å². The van der Waals surface area contributed by atoms with Gasteiger partial charge in [-0.05, 0) is 37.5 Å². The van der Waals surface area contributed by atoms with Gasteiger partial charge in [0.2, 0.25) is 10.0 Å². The number of carbonyl (C=O) groups excluding carboxylic acids is 3. The van der Waals surface area contributed by atoms with Crippen molar-refractivity contribution in [3.63, 3.8) is 0 Å². The van der Waals surface area contributed by atoms with Crippen molar-refractivity contribution < 1.29 is 22.8 Å². The predicted octanol–water partition coefficient (Wildman–Crippen LogP) is 0.846. The van der Waals surface area contributed by atoms with Crippen molar-refractivity contribution in [1.29, 1.82) is 0 Å². The first-order valence-corrected chi connectivity index (χ1v) is 10.6. The minimum Gasteiger partial charge on any atom is -0.349 e. The second kappa shape index (κ2) is 7.40. The van der Waals surface area contributed by atoms with Crippen LogP contribution in [0.3, 0.4) is 0 Å². The fourth-order valence-corrected chi connectivity index (χ4v) is 4.98. The summed E-state index contributed by atoms with van der Waals surface area (Å²) in [6.07, 6.45) is 1.66. The Morgan fingerprint density at radius 1 is 1.15 bits per heavy atom. The minimum absolute atomic E-state index is 0.126. The second-order valence-corrected chi connectivity index (χ2v) is 8.98. The SMILES string of the molecule is CCCS(=O)(=O)N1CCC(NC(=O)c2ccc3c(c2)C(=O)N(C)C3=O)CC1. The Morgan fingerprint density at radius 2 is 1.78 bits per heavy atom. The van der Waals surface area contributed by atoms with E-state index in [9.17, 15) is 22.8 Å². The summed E-state index contributed by atoms with van der Waals surface area (Å²) >= 11 is 0. The van der Waals surface area contributed by atoms with E-state index in [0.717, 1.165) is 4.90 Å². The average Bonchev–Trinajstić information content (AvgIpc) is 2.86. The summed E-state index contributed by atoms with van der Waals surface area (Å²) in [6.45, 7) is 2.60. The van der Waals surface area contributed by atoms with E-state index in [4.69, 9.17) is 0 Å². The standard InChI is InChI=1S/C18H23N3O5S/c1-3-10-27(25,26)21-8-6-13(7-9-21)19-16(22)12-4-5-14-15(11-12)18(24)20(2)17(14)23/h4-5,11,13H,3,6-10H2,1-2H3,(H,19,22). The predicted molar refractivity (Wildman–Crippen MR) is 99.0 cm³/mol. The topological polar surface area (TPSA) is 104 Å². The molecule has 1 aromatic carbocycles. The van der Waals surface area contributed by atoms with E-state index in [1.807, 2.05) is 6.92 Å². The molecule has 0 saturated carbocycles. The molecule has 0 aromatic heterocycles. The number of amides is 3. The second-order valence-electron chi connectivity index (χ2n) is 6.89. The van der Waals surface area contributed by atoms with Crippen LogP contribution < -0.4 is 5.32 Å². The molecule has 0 radical (unpaired) electrons. The van der Waals surface area contributed by atoms with E-state index in [1.165, 1.54) is 29.6 Å². The van der Waals surface area contributed by atoms with Gasteiger partial charge >= 0.3 is 0 Å². The van der Waals surface area contributed by atoms with Crippen LogP contribution >= 0.6 is 0 Å². The van der Waals surface area contributed by atoms with Crippen LogP contribution in [-0.2, 0) is 10.0 Å². The van der Waals surface area contributed by atoms with Crippen LogP contribution in [0.15, 0.2) is 18.2 Å². The van der Waals surface area contributed by atoms with Crippen LogP contribution in [0.1, 0.15) is 57.3 Å². The van der Waals surface area contributed by atoms with Gasteiger partial charge in [0.25, 0.3) is 17.7 Å². The highest BCUT2D eigenvalue weighted by Crippen LogP contribution is 2.23. The maximum atomic E-state index is 12.5. The van der Waals surface area contributed by atoms with E-state index >= 15 is 0 Å². The van der Waals surface area contributed by atoms with Gasteiger partial charge in [-0.25, -0.2) is 12.7 Å². The summed E-state index contributed by atoms with van der Waals surface area (Å²) in [6, 6.07) is 4.33. The number of hydrogen-bond donors (Lipinski definition) is 1. The molecule has 0 spiro atoms. The number of sulfonamides is 1. The first-order chi connectivity index (χ1) is 12.7. The number of nitrogens with zero attached hydrogens (tertiary/aromatic N) is 2. The van der Waals surface area contributed by atoms with Crippen molar-refractivity contribution in [1.82, 2.24) is 14.5 Å². The van der Waals surface area contributed by atoms with Crippen LogP contribution in [-0.4, -0.2) is 67.3 Å². The molecule has 1 aromatic rings. The fourth-order valence-electron chi connectivity index (χ4n) is 3.44. The van der Waals surface area contributed by atoms with Gasteiger partial charge in [-0.2, -0.15) is 0 Å². The van der Waals surface area contributed by atoms with Crippen LogP contribution in [0.2, 0.25) is 0 Å². The molecule has 1 saturated heterocycles. The molecule has 3 rings (SSSR count). The molecule has 3 amide bonds. The Balaban J connectivity index is 1.63. The molecule has 0 atom stereocenters. The molecule has 0 aliphatic carbocycles. The average molecular weight is 393 g/mol. The zero-order valence-corrected chi connectivity index (χ0v) is 16.2. The lowest BCUT2D eigenvalue weighted by molar-refractivity contribution is 0.0692. The van der Waals surface area contributed by atoms with Gasteiger partial charge in [0.05, 0.1) is 16.9 Å². The summed E-state index contributed by atoms with van der Waals surface area (Å²) in [5.74, 6) is -0.982. The highest BCUT2D eigenvalue weighted by molar-refractivity contribution is 7.89. The summed E-state index contributed by atoms with van der Waals surface area (Å²) < 4.78 is 25.7. The zero-order valence-electron chi connectivity index (χ0n) is 15.4. The number of benzene rings is 1. The lowest BCUT2D eigenvalue weighted by Crippen LogP contribution is -2.47. The third kappa shape index (κ3) is 3.74. The van der Waals surface area contributed by atoms with Crippen LogP contribution in [0, 0.1) is 0 Å². The number of carbonyl (C=O) groups is 3. The summed E-state index contributed by atoms with van der Waals surface area (Å²) in [4.78, 5) is 37.5.